The van der Waals surface area contributed by atoms with Crippen LogP contribution < -0.4 is 4.72 Å². The lowest BCUT2D eigenvalue weighted by atomic mass is 9.83. The molecular weight excluding hydrogens is 272 g/mol. The van der Waals surface area contributed by atoms with E-state index in [-0.39, 0.29) is 29.1 Å². The van der Waals surface area contributed by atoms with Gasteiger partial charge in [-0.1, -0.05) is 6.07 Å². The van der Waals surface area contributed by atoms with Gasteiger partial charge in [0.05, 0.1) is 15.9 Å². The predicted molar refractivity (Wildman–Crippen MR) is 67.0 cm³/mol. The molecule has 19 heavy (non-hydrogen) atoms. The largest absolute Gasteiger partial charge is 0.393 e. The average Bonchev–Trinajstić information content (AvgIpc) is 2.33. The van der Waals surface area contributed by atoms with Crippen LogP contribution in [0.1, 0.15) is 12.8 Å². The van der Waals surface area contributed by atoms with Crippen LogP contribution in [-0.4, -0.2) is 31.1 Å². The Bertz CT molecular complexity index is 581. The quantitative estimate of drug-likeness (QED) is 0.610. The van der Waals surface area contributed by atoms with Crippen molar-refractivity contribution in [1.29, 1.82) is 0 Å². The van der Waals surface area contributed by atoms with Crippen LogP contribution in [0.4, 0.5) is 5.69 Å². The number of non-ortho nitro benzene ring substituents is 1. The summed E-state index contributed by atoms with van der Waals surface area (Å²) in [5.74, 6) is 0.128. The van der Waals surface area contributed by atoms with Crippen molar-refractivity contribution in [2.75, 3.05) is 6.54 Å². The number of hydrogen-bond acceptors (Lipinski definition) is 5. The first-order chi connectivity index (χ1) is 8.88. The second-order valence-electron chi connectivity index (χ2n) is 4.60. The zero-order valence-corrected chi connectivity index (χ0v) is 10.8. The fraction of sp³-hybridized carbons (Fsp3) is 0.455. The first kappa shape index (κ1) is 13.9. The van der Waals surface area contributed by atoms with Gasteiger partial charge in [-0.05, 0) is 24.8 Å². The molecule has 1 aliphatic carbocycles. The number of aliphatic hydroxyl groups is 1. The van der Waals surface area contributed by atoms with Crippen molar-refractivity contribution in [1.82, 2.24) is 4.72 Å². The summed E-state index contributed by atoms with van der Waals surface area (Å²) in [6.45, 7) is 0.238. The SMILES string of the molecule is O=[N+]([O-])c1cccc(S(=O)(=O)NCC2CC(O)C2)c1. The third-order valence-corrected chi connectivity index (χ3v) is 4.53. The Balaban J connectivity index is 2.06. The smallest absolute Gasteiger partial charge is 0.270 e. The van der Waals surface area contributed by atoms with Gasteiger partial charge in [-0.3, -0.25) is 10.1 Å². The lowest BCUT2D eigenvalue weighted by molar-refractivity contribution is -0.385. The van der Waals surface area contributed by atoms with Crippen molar-refractivity contribution in [3.05, 3.63) is 34.4 Å². The van der Waals surface area contributed by atoms with Crippen molar-refractivity contribution >= 4 is 15.7 Å². The molecule has 1 aliphatic rings. The Hall–Kier alpha value is -1.51. The van der Waals surface area contributed by atoms with Gasteiger partial charge in [0.15, 0.2) is 0 Å². The summed E-state index contributed by atoms with van der Waals surface area (Å²) in [6, 6.07) is 4.91. The number of nitrogens with one attached hydrogen (secondary N) is 1. The molecule has 0 atom stereocenters. The molecule has 0 aromatic heterocycles. The van der Waals surface area contributed by atoms with Crippen LogP contribution in [-0.2, 0) is 10.0 Å². The highest BCUT2D eigenvalue weighted by molar-refractivity contribution is 7.89. The number of nitro benzene ring substituents is 1. The standard InChI is InChI=1S/C11H14N2O5S/c14-10-4-8(5-10)7-12-19(17,18)11-3-1-2-9(6-11)13(15)16/h1-3,6,8,10,12,14H,4-5,7H2. The molecule has 0 spiro atoms. The summed E-state index contributed by atoms with van der Waals surface area (Å²) < 4.78 is 26.3. The van der Waals surface area contributed by atoms with Crippen molar-refractivity contribution in [3.8, 4) is 0 Å². The van der Waals surface area contributed by atoms with Crippen LogP contribution >= 0.6 is 0 Å². The van der Waals surface area contributed by atoms with E-state index in [0.29, 0.717) is 12.8 Å². The summed E-state index contributed by atoms with van der Waals surface area (Å²) in [7, 11) is -3.74. The molecule has 0 amide bonds. The van der Waals surface area contributed by atoms with Crippen molar-refractivity contribution in [2.45, 2.75) is 23.8 Å². The third kappa shape index (κ3) is 3.28. The number of sulfonamides is 1. The summed E-state index contributed by atoms with van der Waals surface area (Å²) in [4.78, 5) is 9.84. The molecule has 1 aromatic carbocycles. The molecule has 2 N–H and O–H groups in total. The molecule has 1 aromatic rings. The molecule has 0 saturated heterocycles. The minimum atomic E-state index is -3.74. The zero-order chi connectivity index (χ0) is 14.0. The monoisotopic (exact) mass is 286 g/mol. The number of nitrogens with zero attached hydrogens (tertiary/aromatic N) is 1. The molecule has 0 heterocycles. The highest BCUT2D eigenvalue weighted by Gasteiger charge is 2.28. The molecule has 1 saturated carbocycles. The summed E-state index contributed by atoms with van der Waals surface area (Å²) in [6.07, 6.45) is 0.821. The van der Waals surface area contributed by atoms with Crippen LogP contribution in [0, 0.1) is 16.0 Å². The second kappa shape index (κ2) is 5.24. The summed E-state index contributed by atoms with van der Waals surface area (Å²) in [5, 5.41) is 19.7. The minimum Gasteiger partial charge on any atom is -0.393 e. The fourth-order valence-electron chi connectivity index (χ4n) is 1.94. The van der Waals surface area contributed by atoms with E-state index in [4.69, 9.17) is 5.11 Å². The van der Waals surface area contributed by atoms with E-state index in [1.54, 1.807) is 0 Å². The first-order valence-electron chi connectivity index (χ1n) is 5.80. The molecule has 104 valence electrons. The lowest BCUT2D eigenvalue weighted by Crippen LogP contribution is -2.38. The van der Waals surface area contributed by atoms with E-state index < -0.39 is 14.9 Å². The van der Waals surface area contributed by atoms with E-state index in [1.807, 2.05) is 0 Å². The number of benzene rings is 1. The normalized spacial score (nSPS) is 22.8. The van der Waals surface area contributed by atoms with Crippen molar-refractivity contribution in [3.63, 3.8) is 0 Å². The maximum atomic E-state index is 11.9. The van der Waals surface area contributed by atoms with E-state index in [9.17, 15) is 18.5 Å². The van der Waals surface area contributed by atoms with E-state index in [0.717, 1.165) is 6.07 Å². The number of nitro groups is 1. The molecule has 8 heteroatoms. The van der Waals surface area contributed by atoms with Gasteiger partial charge in [0.2, 0.25) is 10.0 Å². The topological polar surface area (TPSA) is 110 Å². The van der Waals surface area contributed by atoms with Gasteiger partial charge in [0.25, 0.3) is 5.69 Å². The molecule has 0 aliphatic heterocycles. The zero-order valence-electron chi connectivity index (χ0n) is 10.0. The van der Waals surface area contributed by atoms with Crippen LogP contribution in [0.15, 0.2) is 29.2 Å². The van der Waals surface area contributed by atoms with Gasteiger partial charge in [0, 0.05) is 18.7 Å². The van der Waals surface area contributed by atoms with Crippen molar-refractivity contribution in [2.24, 2.45) is 5.92 Å². The average molecular weight is 286 g/mol. The van der Waals surface area contributed by atoms with Gasteiger partial charge in [-0.2, -0.15) is 0 Å². The highest BCUT2D eigenvalue weighted by Crippen LogP contribution is 2.26. The van der Waals surface area contributed by atoms with Gasteiger partial charge in [-0.25, -0.2) is 13.1 Å². The Morgan fingerprint density at radius 2 is 2.11 bits per heavy atom. The Labute approximate surface area is 110 Å². The highest BCUT2D eigenvalue weighted by atomic mass is 32.2. The lowest BCUT2D eigenvalue weighted by Gasteiger charge is -2.31. The van der Waals surface area contributed by atoms with E-state index in [2.05, 4.69) is 4.72 Å². The number of rotatable bonds is 5. The summed E-state index contributed by atoms with van der Waals surface area (Å²) in [5.41, 5.74) is -0.262. The van der Waals surface area contributed by atoms with Gasteiger partial charge < -0.3 is 5.11 Å². The summed E-state index contributed by atoms with van der Waals surface area (Å²) >= 11 is 0. The van der Waals surface area contributed by atoms with Crippen LogP contribution in [0.5, 0.6) is 0 Å². The fourth-order valence-corrected chi connectivity index (χ4v) is 3.10. The Morgan fingerprint density at radius 3 is 2.68 bits per heavy atom. The van der Waals surface area contributed by atoms with E-state index >= 15 is 0 Å². The maximum absolute atomic E-state index is 11.9. The van der Waals surface area contributed by atoms with E-state index in [1.165, 1.54) is 18.2 Å². The molecule has 0 bridgehead atoms. The van der Waals surface area contributed by atoms with Crippen LogP contribution in [0.2, 0.25) is 0 Å². The Morgan fingerprint density at radius 1 is 1.42 bits per heavy atom. The van der Waals surface area contributed by atoms with Gasteiger partial charge in [-0.15, -0.1) is 0 Å². The van der Waals surface area contributed by atoms with Gasteiger partial charge >= 0.3 is 0 Å². The minimum absolute atomic E-state index is 0.124. The molecule has 2 rings (SSSR count). The second-order valence-corrected chi connectivity index (χ2v) is 6.36. The molecule has 0 radical (unpaired) electrons. The van der Waals surface area contributed by atoms with Crippen LogP contribution in [0.25, 0.3) is 0 Å². The van der Waals surface area contributed by atoms with Gasteiger partial charge in [0.1, 0.15) is 0 Å². The third-order valence-electron chi connectivity index (χ3n) is 3.11. The maximum Gasteiger partial charge on any atom is 0.270 e. The molecule has 0 unspecified atom stereocenters. The van der Waals surface area contributed by atoms with Crippen LogP contribution in [0.3, 0.4) is 0 Å². The number of aliphatic hydroxyl groups excluding tert-OH is 1. The predicted octanol–water partition coefficient (Wildman–Crippen LogP) is 0.644. The molecule has 7 nitrogen and oxygen atoms in total. The molecular formula is C11H14N2O5S. The molecule has 1 fully saturated rings. The first-order valence-corrected chi connectivity index (χ1v) is 7.29. The Kier molecular flexibility index (Phi) is 3.83. The van der Waals surface area contributed by atoms with Crippen molar-refractivity contribution < 1.29 is 18.4 Å². The number of hydrogen-bond donors (Lipinski definition) is 2.